The Morgan fingerprint density at radius 2 is 1.87 bits per heavy atom. The van der Waals surface area contributed by atoms with Crippen LogP contribution in [0.3, 0.4) is 0 Å². The maximum absolute atomic E-state index is 11.4. The summed E-state index contributed by atoms with van der Waals surface area (Å²) in [6.45, 7) is 1.84. The van der Waals surface area contributed by atoms with Gasteiger partial charge in [-0.2, -0.15) is 5.26 Å². The Hall–Kier alpha value is -3.05. The molecule has 3 heterocycles. The van der Waals surface area contributed by atoms with Gasteiger partial charge in [-0.05, 0) is 18.6 Å². The lowest BCUT2D eigenvalue weighted by atomic mass is 9.74. The minimum atomic E-state index is -0.935. The maximum atomic E-state index is 11.4. The zero-order valence-electron chi connectivity index (χ0n) is 17.4. The molecule has 7 heteroatoms. The molecule has 2 bridgehead atoms. The van der Waals surface area contributed by atoms with Gasteiger partial charge in [0.15, 0.2) is 0 Å². The van der Waals surface area contributed by atoms with Gasteiger partial charge in [0.05, 0.1) is 34.6 Å². The van der Waals surface area contributed by atoms with Gasteiger partial charge in [0.25, 0.3) is 0 Å². The lowest BCUT2D eigenvalue weighted by Gasteiger charge is -2.31. The SMILES string of the molecule is CCC12OC(CCO)(C[C@@H]1OC)c1c2c(O)n(-c2ccc(C#N)c3ccccc23)c1O. The molecule has 3 atom stereocenters. The first-order chi connectivity index (χ1) is 15.0. The van der Waals surface area contributed by atoms with Crippen molar-refractivity contribution in [2.24, 2.45) is 0 Å². The number of nitriles is 1. The topological polar surface area (TPSA) is 108 Å². The molecule has 0 amide bonds. The van der Waals surface area contributed by atoms with E-state index < -0.39 is 11.2 Å². The van der Waals surface area contributed by atoms with E-state index in [0.717, 1.165) is 10.8 Å². The van der Waals surface area contributed by atoms with Crippen LogP contribution in [0.2, 0.25) is 0 Å². The normalized spacial score (nSPS) is 26.3. The highest BCUT2D eigenvalue weighted by Crippen LogP contribution is 2.67. The summed E-state index contributed by atoms with van der Waals surface area (Å²) in [5.74, 6) is -0.216. The number of nitrogens with zero attached hydrogens (tertiary/aromatic N) is 2. The molecule has 0 saturated carbocycles. The molecule has 0 aliphatic carbocycles. The van der Waals surface area contributed by atoms with Gasteiger partial charge < -0.3 is 24.8 Å². The van der Waals surface area contributed by atoms with Crippen LogP contribution in [0.1, 0.15) is 42.9 Å². The lowest BCUT2D eigenvalue weighted by molar-refractivity contribution is -0.126. The van der Waals surface area contributed by atoms with E-state index in [1.54, 1.807) is 19.2 Å². The minimum Gasteiger partial charge on any atom is -0.494 e. The highest BCUT2D eigenvalue weighted by atomic mass is 16.6. The molecule has 1 fully saturated rings. The molecule has 3 aromatic rings. The van der Waals surface area contributed by atoms with Crippen LogP contribution in [0, 0.1) is 11.3 Å². The van der Waals surface area contributed by atoms with Crippen molar-refractivity contribution < 1.29 is 24.8 Å². The number of rotatable bonds is 5. The zero-order valence-corrected chi connectivity index (χ0v) is 17.4. The standard InChI is InChI=1S/C24H24N2O5/c1-3-24-18(30-2)12-23(31-24,10-11-27)19-20(24)22(29)26(21(19)28)17-9-8-14(13-25)15-6-4-5-7-16(15)17/h4-9,18,27-29H,3,10-12H2,1-2H3/t18-,23?,24?/m0/s1. The number of methoxy groups -OCH3 is 1. The van der Waals surface area contributed by atoms with Crippen molar-refractivity contribution in [1.82, 2.24) is 4.57 Å². The monoisotopic (exact) mass is 420 g/mol. The Morgan fingerprint density at radius 1 is 1.16 bits per heavy atom. The second-order valence-corrected chi connectivity index (χ2v) is 8.26. The quantitative estimate of drug-likeness (QED) is 0.583. The van der Waals surface area contributed by atoms with Crippen molar-refractivity contribution in [2.45, 2.75) is 43.5 Å². The molecule has 160 valence electrons. The molecule has 1 saturated heterocycles. The third kappa shape index (κ3) is 2.32. The summed E-state index contributed by atoms with van der Waals surface area (Å²) < 4.78 is 13.6. The predicted molar refractivity (Wildman–Crippen MR) is 113 cm³/mol. The van der Waals surface area contributed by atoms with Gasteiger partial charge in [-0.1, -0.05) is 31.2 Å². The van der Waals surface area contributed by atoms with E-state index >= 15 is 0 Å². The van der Waals surface area contributed by atoms with E-state index in [2.05, 4.69) is 6.07 Å². The average molecular weight is 420 g/mol. The van der Waals surface area contributed by atoms with E-state index in [4.69, 9.17) is 9.47 Å². The van der Waals surface area contributed by atoms with Crippen LogP contribution in [-0.4, -0.2) is 39.7 Å². The van der Waals surface area contributed by atoms with Gasteiger partial charge in [0, 0.05) is 37.3 Å². The predicted octanol–water partition coefficient (Wildman–Crippen LogP) is 3.55. The third-order valence-corrected chi connectivity index (χ3v) is 7.00. The Kier molecular flexibility index (Phi) is 4.31. The molecule has 31 heavy (non-hydrogen) atoms. The summed E-state index contributed by atoms with van der Waals surface area (Å²) in [7, 11) is 1.61. The van der Waals surface area contributed by atoms with Crippen molar-refractivity contribution in [2.75, 3.05) is 13.7 Å². The molecule has 2 aliphatic rings. The number of hydrogen-bond donors (Lipinski definition) is 3. The highest BCUT2D eigenvalue weighted by Gasteiger charge is 2.67. The molecule has 7 nitrogen and oxygen atoms in total. The van der Waals surface area contributed by atoms with Crippen LogP contribution in [0.4, 0.5) is 0 Å². The highest BCUT2D eigenvalue weighted by molar-refractivity contribution is 5.95. The Labute approximate surface area is 179 Å². The average Bonchev–Trinajstić information content (AvgIpc) is 3.37. The fourth-order valence-electron chi connectivity index (χ4n) is 5.68. The van der Waals surface area contributed by atoms with Crippen LogP contribution in [0.25, 0.3) is 16.5 Å². The molecule has 2 aliphatic heterocycles. The second kappa shape index (κ2) is 6.72. The second-order valence-electron chi connectivity index (χ2n) is 8.26. The number of benzene rings is 2. The molecule has 0 radical (unpaired) electrons. The van der Waals surface area contributed by atoms with E-state index in [9.17, 15) is 20.6 Å². The zero-order chi connectivity index (χ0) is 22.0. The molecular weight excluding hydrogens is 396 g/mol. The van der Waals surface area contributed by atoms with Gasteiger partial charge in [0.2, 0.25) is 11.8 Å². The largest absolute Gasteiger partial charge is 0.494 e. The van der Waals surface area contributed by atoms with Crippen LogP contribution in [0.15, 0.2) is 36.4 Å². The van der Waals surface area contributed by atoms with E-state index in [1.165, 1.54) is 4.57 Å². The molecule has 1 aromatic heterocycles. The first-order valence-corrected chi connectivity index (χ1v) is 10.4. The number of aliphatic hydroxyl groups is 1. The maximum Gasteiger partial charge on any atom is 0.205 e. The van der Waals surface area contributed by atoms with Crippen LogP contribution in [0.5, 0.6) is 11.8 Å². The summed E-state index contributed by atoms with van der Waals surface area (Å²) in [6.07, 6.45) is 0.995. The Balaban J connectivity index is 1.83. The third-order valence-electron chi connectivity index (χ3n) is 7.00. The van der Waals surface area contributed by atoms with Crippen LogP contribution >= 0.6 is 0 Å². The molecule has 2 unspecified atom stereocenters. The summed E-state index contributed by atoms with van der Waals surface area (Å²) in [4.78, 5) is 0. The van der Waals surface area contributed by atoms with Crippen molar-refractivity contribution in [1.29, 1.82) is 5.26 Å². The summed E-state index contributed by atoms with van der Waals surface area (Å²) >= 11 is 0. The summed E-state index contributed by atoms with van der Waals surface area (Å²) in [5.41, 5.74) is 0.278. The van der Waals surface area contributed by atoms with E-state index in [1.807, 2.05) is 31.2 Å². The lowest BCUT2D eigenvalue weighted by Crippen LogP contribution is -2.37. The van der Waals surface area contributed by atoms with Crippen molar-refractivity contribution in [3.8, 4) is 23.5 Å². The number of ether oxygens (including phenoxy) is 2. The summed E-state index contributed by atoms with van der Waals surface area (Å²) in [5, 5.41) is 43.5. The number of aromatic nitrogens is 1. The van der Waals surface area contributed by atoms with Gasteiger partial charge >= 0.3 is 0 Å². The van der Waals surface area contributed by atoms with Gasteiger partial charge in [0.1, 0.15) is 11.2 Å². The number of aliphatic hydroxyl groups excluding tert-OH is 1. The van der Waals surface area contributed by atoms with Crippen LogP contribution < -0.4 is 0 Å². The number of fused-ring (bicyclic) bond motifs is 6. The van der Waals surface area contributed by atoms with E-state index in [-0.39, 0.29) is 30.9 Å². The molecule has 3 N–H and O–H groups in total. The molecule has 0 spiro atoms. The fourth-order valence-corrected chi connectivity index (χ4v) is 5.68. The van der Waals surface area contributed by atoms with Crippen molar-refractivity contribution in [3.05, 3.63) is 53.1 Å². The Bertz CT molecular complexity index is 1240. The van der Waals surface area contributed by atoms with Crippen molar-refractivity contribution in [3.63, 3.8) is 0 Å². The van der Waals surface area contributed by atoms with Crippen molar-refractivity contribution >= 4 is 10.8 Å². The summed E-state index contributed by atoms with van der Waals surface area (Å²) in [6, 6.07) is 13.0. The van der Waals surface area contributed by atoms with Gasteiger partial charge in [-0.3, -0.25) is 4.57 Å². The van der Waals surface area contributed by atoms with Gasteiger partial charge in [-0.15, -0.1) is 0 Å². The van der Waals surface area contributed by atoms with Gasteiger partial charge in [-0.25, -0.2) is 0 Å². The Morgan fingerprint density at radius 3 is 2.52 bits per heavy atom. The number of aromatic hydroxyl groups is 2. The smallest absolute Gasteiger partial charge is 0.205 e. The first-order valence-electron chi connectivity index (χ1n) is 10.4. The molecule has 2 aromatic carbocycles. The first kappa shape index (κ1) is 19.9. The fraction of sp³-hybridized carbons (Fsp3) is 0.375. The molecular formula is C24H24N2O5. The minimum absolute atomic E-state index is 0.106. The van der Waals surface area contributed by atoms with E-state index in [0.29, 0.717) is 35.2 Å². The number of hydrogen-bond acceptors (Lipinski definition) is 6. The molecule has 5 rings (SSSR count). The van der Waals surface area contributed by atoms with Crippen LogP contribution in [-0.2, 0) is 20.7 Å².